The minimum Gasteiger partial charge on any atom is -0.480 e. The lowest BCUT2D eigenvalue weighted by molar-refractivity contribution is -0.138. The zero-order valence-corrected chi connectivity index (χ0v) is 11.3. The Bertz CT molecular complexity index is 692. The summed E-state index contributed by atoms with van der Waals surface area (Å²) in [5.74, 6) is -0.954. The molecule has 0 bridgehead atoms. The summed E-state index contributed by atoms with van der Waals surface area (Å²) < 4.78 is 12.5. The molecule has 5 N–H and O–H groups in total. The van der Waals surface area contributed by atoms with E-state index >= 15 is 0 Å². The van der Waals surface area contributed by atoms with Crippen LogP contribution in [0, 0.1) is 0 Å². The molecule has 0 unspecified atom stereocenters. The Labute approximate surface area is 114 Å². The van der Waals surface area contributed by atoms with E-state index in [1.807, 2.05) is 0 Å². The Morgan fingerprint density at radius 1 is 1.40 bits per heavy atom. The van der Waals surface area contributed by atoms with Crippen molar-refractivity contribution in [1.29, 1.82) is 0 Å². The quantitative estimate of drug-likeness (QED) is 0.575. The van der Waals surface area contributed by atoms with Crippen LogP contribution in [0.25, 0.3) is 11.0 Å². The molecule has 0 saturated heterocycles. The van der Waals surface area contributed by atoms with Crippen LogP contribution in [0.4, 0.5) is 0 Å². The zero-order chi connectivity index (χ0) is 14.9. The first-order valence-corrected chi connectivity index (χ1v) is 7.55. The van der Waals surface area contributed by atoms with Crippen molar-refractivity contribution in [2.45, 2.75) is 18.7 Å². The number of nitrogens with zero attached hydrogens (tertiary/aromatic N) is 2. The molecule has 0 aliphatic heterocycles. The Hall–Kier alpha value is -1.73. The van der Waals surface area contributed by atoms with Gasteiger partial charge in [-0.25, -0.2) is 4.98 Å². The molecular formula is C11H14N3O5P. The average Bonchev–Trinajstić information content (AvgIpc) is 2.65. The molecule has 1 aromatic carbocycles. The molecule has 1 aromatic heterocycles. The molecular weight excluding hydrogens is 285 g/mol. The van der Waals surface area contributed by atoms with Crippen LogP contribution < -0.4 is 5.73 Å². The highest BCUT2D eigenvalue weighted by Crippen LogP contribution is 2.38. The number of para-hydroxylation sites is 2. The maximum Gasteiger partial charge on any atom is 0.345 e. The first-order valence-electron chi connectivity index (χ1n) is 5.75. The Morgan fingerprint density at radius 3 is 2.65 bits per heavy atom. The van der Waals surface area contributed by atoms with Gasteiger partial charge in [-0.3, -0.25) is 9.36 Å². The van der Waals surface area contributed by atoms with Gasteiger partial charge in [0.05, 0.1) is 11.0 Å². The Kier molecular flexibility index (Phi) is 3.92. The number of nitrogens with two attached hydrogens (primary N) is 1. The molecule has 0 fully saturated rings. The largest absolute Gasteiger partial charge is 0.480 e. The van der Waals surface area contributed by atoms with Crippen LogP contribution in [0.1, 0.15) is 5.82 Å². The van der Waals surface area contributed by atoms with Crippen molar-refractivity contribution in [3.63, 3.8) is 0 Å². The highest BCUT2D eigenvalue weighted by molar-refractivity contribution is 7.50. The van der Waals surface area contributed by atoms with E-state index in [0.717, 1.165) is 0 Å². The molecule has 1 atom stereocenters. The molecule has 1 heterocycles. The minimum atomic E-state index is -4.32. The maximum absolute atomic E-state index is 11.2. The van der Waals surface area contributed by atoms with Crippen LogP contribution in [0.5, 0.6) is 0 Å². The van der Waals surface area contributed by atoms with Gasteiger partial charge in [-0.2, -0.15) is 0 Å². The van der Waals surface area contributed by atoms with Crippen LogP contribution in [0.15, 0.2) is 24.3 Å². The molecule has 0 radical (unpaired) electrons. The number of rotatable bonds is 5. The summed E-state index contributed by atoms with van der Waals surface area (Å²) in [6.07, 6.45) is -0.667. The monoisotopic (exact) mass is 299 g/mol. The molecule has 20 heavy (non-hydrogen) atoms. The highest BCUT2D eigenvalue weighted by Gasteiger charge is 2.22. The van der Waals surface area contributed by atoms with Crippen LogP contribution in [-0.2, 0) is 22.1 Å². The van der Waals surface area contributed by atoms with Crippen molar-refractivity contribution in [2.24, 2.45) is 5.73 Å². The zero-order valence-electron chi connectivity index (χ0n) is 10.4. The van der Waals surface area contributed by atoms with Crippen LogP contribution >= 0.6 is 7.60 Å². The number of carboxylic acids is 1. The first kappa shape index (κ1) is 14.7. The normalized spacial score (nSPS) is 13.6. The third-order valence-corrected chi connectivity index (χ3v) is 3.43. The molecule has 0 aliphatic rings. The molecule has 0 saturated carbocycles. The van der Waals surface area contributed by atoms with Crippen molar-refractivity contribution in [3.8, 4) is 0 Å². The fourth-order valence-corrected chi connectivity index (χ4v) is 2.59. The van der Waals surface area contributed by atoms with E-state index in [1.165, 1.54) is 4.57 Å². The second-order valence-electron chi connectivity index (χ2n) is 4.40. The molecule has 9 heteroatoms. The number of aliphatic carboxylic acids is 1. The van der Waals surface area contributed by atoms with E-state index < -0.39 is 25.9 Å². The van der Waals surface area contributed by atoms with Crippen molar-refractivity contribution in [3.05, 3.63) is 30.1 Å². The van der Waals surface area contributed by atoms with Gasteiger partial charge in [0.25, 0.3) is 0 Å². The highest BCUT2D eigenvalue weighted by atomic mass is 31.2. The summed E-state index contributed by atoms with van der Waals surface area (Å²) in [6, 6.07) is 5.61. The first-order chi connectivity index (χ1) is 9.28. The molecule has 108 valence electrons. The molecule has 8 nitrogen and oxygen atoms in total. The van der Waals surface area contributed by atoms with Crippen LogP contribution in [-0.4, -0.2) is 36.5 Å². The number of fused-ring (bicyclic) bond motifs is 1. The van der Waals surface area contributed by atoms with E-state index in [9.17, 15) is 9.36 Å². The third-order valence-electron chi connectivity index (χ3n) is 2.78. The molecule has 2 rings (SSSR count). The van der Waals surface area contributed by atoms with Gasteiger partial charge in [0.1, 0.15) is 18.2 Å². The molecule has 2 aromatic rings. The van der Waals surface area contributed by atoms with E-state index in [2.05, 4.69) is 4.98 Å². The van der Waals surface area contributed by atoms with Gasteiger partial charge >= 0.3 is 13.6 Å². The smallest absolute Gasteiger partial charge is 0.345 e. The SMILES string of the molecule is N[C@H](Cc1nc2ccccc2n1CP(=O)(O)O)C(=O)O. The van der Waals surface area contributed by atoms with Gasteiger partial charge in [0, 0.05) is 6.42 Å². The van der Waals surface area contributed by atoms with Gasteiger partial charge < -0.3 is 25.2 Å². The van der Waals surface area contributed by atoms with Gasteiger partial charge in [0.15, 0.2) is 0 Å². The second-order valence-corrected chi connectivity index (χ2v) is 6.01. The second kappa shape index (κ2) is 5.34. The molecule has 0 aliphatic carbocycles. The number of benzene rings is 1. The number of imidazole rings is 1. The molecule has 0 spiro atoms. The number of aromatic nitrogens is 2. The third kappa shape index (κ3) is 3.23. The molecule has 0 amide bonds. The predicted octanol–water partition coefficient (Wildman–Crippen LogP) is 0.126. The van der Waals surface area contributed by atoms with Gasteiger partial charge in [-0.15, -0.1) is 0 Å². The van der Waals surface area contributed by atoms with Gasteiger partial charge in [-0.1, -0.05) is 12.1 Å². The summed E-state index contributed by atoms with van der Waals surface area (Å²) in [5, 5.41) is 8.83. The van der Waals surface area contributed by atoms with Crippen molar-refractivity contribution >= 4 is 24.6 Å². The Morgan fingerprint density at radius 2 is 2.05 bits per heavy atom. The van der Waals surface area contributed by atoms with Crippen LogP contribution in [0.2, 0.25) is 0 Å². The van der Waals surface area contributed by atoms with Crippen molar-refractivity contribution in [2.75, 3.05) is 0 Å². The number of hydrogen-bond acceptors (Lipinski definition) is 4. The van der Waals surface area contributed by atoms with Crippen molar-refractivity contribution in [1.82, 2.24) is 9.55 Å². The summed E-state index contributed by atoms with van der Waals surface area (Å²) in [7, 11) is -4.32. The fraction of sp³-hybridized carbons (Fsp3) is 0.273. The lowest BCUT2D eigenvalue weighted by Crippen LogP contribution is -2.33. The minimum absolute atomic E-state index is 0.107. The van der Waals surface area contributed by atoms with E-state index in [-0.39, 0.29) is 12.2 Å². The van der Waals surface area contributed by atoms with Crippen molar-refractivity contribution < 1.29 is 24.3 Å². The number of carbonyl (C=O) groups is 1. The summed E-state index contributed by atoms with van der Waals surface area (Å²) in [4.78, 5) is 33.3. The van der Waals surface area contributed by atoms with E-state index in [0.29, 0.717) is 11.0 Å². The van der Waals surface area contributed by atoms with Gasteiger partial charge in [0.2, 0.25) is 0 Å². The van der Waals surface area contributed by atoms with Crippen LogP contribution in [0.3, 0.4) is 0 Å². The number of carboxylic acid groups (broad SMARTS) is 1. The maximum atomic E-state index is 11.2. The lowest BCUT2D eigenvalue weighted by Gasteiger charge is -2.11. The lowest BCUT2D eigenvalue weighted by atomic mass is 10.2. The summed E-state index contributed by atoms with van der Waals surface area (Å²) >= 11 is 0. The standard InChI is InChI=1S/C11H14N3O5P/c12-7(11(15)16)5-10-13-8-3-1-2-4-9(8)14(10)6-20(17,18)19/h1-4,7H,5-6,12H2,(H,15,16)(H2,17,18,19)/t7-/m1/s1. The average molecular weight is 299 g/mol. The van der Waals surface area contributed by atoms with Gasteiger partial charge in [-0.05, 0) is 12.1 Å². The Balaban J connectivity index is 2.49. The fourth-order valence-electron chi connectivity index (χ4n) is 1.91. The summed E-state index contributed by atoms with van der Waals surface area (Å²) in [5.41, 5.74) is 6.52. The summed E-state index contributed by atoms with van der Waals surface area (Å²) in [6.45, 7) is 0. The van der Waals surface area contributed by atoms with E-state index in [4.69, 9.17) is 20.6 Å². The predicted molar refractivity (Wildman–Crippen MR) is 71.1 cm³/mol. The van der Waals surface area contributed by atoms with E-state index in [1.54, 1.807) is 24.3 Å². The topological polar surface area (TPSA) is 139 Å². The number of hydrogen-bond donors (Lipinski definition) is 4.